The molecule has 22 heavy (non-hydrogen) atoms. The van der Waals surface area contributed by atoms with Gasteiger partial charge in [-0.2, -0.15) is 0 Å². The lowest BCUT2D eigenvalue weighted by molar-refractivity contribution is -0.136. The molecule has 0 radical (unpaired) electrons. The van der Waals surface area contributed by atoms with Gasteiger partial charge in [-0.25, -0.2) is 0 Å². The minimum absolute atomic E-state index is 0.0568. The van der Waals surface area contributed by atoms with Crippen LogP contribution in [0.4, 0.5) is 0 Å². The SMILES string of the molecule is CC(C)Oc1ccc2c(c1)CN(C1CCC(=O)NC1=O)C2=O. The van der Waals surface area contributed by atoms with Crippen molar-refractivity contribution in [1.29, 1.82) is 0 Å². The molecule has 2 aliphatic heterocycles. The van der Waals surface area contributed by atoms with Gasteiger partial charge in [0.1, 0.15) is 11.8 Å². The number of nitrogens with zero attached hydrogens (tertiary/aromatic N) is 1. The lowest BCUT2D eigenvalue weighted by atomic mass is 10.0. The van der Waals surface area contributed by atoms with Crippen LogP contribution in [0.3, 0.4) is 0 Å². The Morgan fingerprint density at radius 3 is 2.73 bits per heavy atom. The van der Waals surface area contributed by atoms with E-state index in [1.54, 1.807) is 12.1 Å². The number of ether oxygens (including phenoxy) is 1. The summed E-state index contributed by atoms with van der Waals surface area (Å²) in [4.78, 5) is 37.2. The lowest BCUT2D eigenvalue weighted by Gasteiger charge is -2.29. The van der Waals surface area contributed by atoms with Gasteiger partial charge in [-0.1, -0.05) is 0 Å². The molecular weight excluding hydrogens is 284 g/mol. The molecule has 0 saturated carbocycles. The van der Waals surface area contributed by atoms with Gasteiger partial charge in [0.25, 0.3) is 5.91 Å². The molecule has 0 aliphatic carbocycles. The summed E-state index contributed by atoms with van der Waals surface area (Å²) >= 11 is 0. The predicted octanol–water partition coefficient (Wildman–Crippen LogP) is 1.23. The summed E-state index contributed by atoms with van der Waals surface area (Å²) in [6.45, 7) is 4.25. The Kier molecular flexibility index (Phi) is 3.60. The highest BCUT2D eigenvalue weighted by atomic mass is 16.5. The molecule has 1 aromatic carbocycles. The molecule has 1 unspecified atom stereocenters. The summed E-state index contributed by atoms with van der Waals surface area (Å²) in [6.07, 6.45) is 0.694. The minimum Gasteiger partial charge on any atom is -0.491 e. The number of imide groups is 1. The van der Waals surface area contributed by atoms with E-state index in [1.165, 1.54) is 4.90 Å². The van der Waals surface area contributed by atoms with Crippen molar-refractivity contribution in [2.75, 3.05) is 0 Å². The van der Waals surface area contributed by atoms with Crippen molar-refractivity contribution in [1.82, 2.24) is 10.2 Å². The maximum absolute atomic E-state index is 12.5. The topological polar surface area (TPSA) is 75.7 Å². The van der Waals surface area contributed by atoms with Gasteiger partial charge >= 0.3 is 0 Å². The minimum atomic E-state index is -0.577. The average Bonchev–Trinajstić information content (AvgIpc) is 2.75. The molecule has 6 heteroatoms. The van der Waals surface area contributed by atoms with Gasteiger partial charge in [0.15, 0.2) is 0 Å². The number of fused-ring (bicyclic) bond motifs is 1. The fourth-order valence-electron chi connectivity index (χ4n) is 2.90. The Labute approximate surface area is 128 Å². The standard InChI is InChI=1S/C16H18N2O4/c1-9(2)22-11-3-4-12-10(7-11)8-18(16(12)21)13-5-6-14(19)17-15(13)20/h3-4,7,9,13H,5-6,8H2,1-2H3,(H,17,19,20). The van der Waals surface area contributed by atoms with Gasteiger partial charge in [-0.3, -0.25) is 19.7 Å². The fourth-order valence-corrected chi connectivity index (χ4v) is 2.90. The molecule has 1 N–H and O–H groups in total. The number of rotatable bonds is 3. The van der Waals surface area contributed by atoms with Crippen molar-refractivity contribution in [2.24, 2.45) is 0 Å². The van der Waals surface area contributed by atoms with Gasteiger partial charge < -0.3 is 9.64 Å². The maximum Gasteiger partial charge on any atom is 0.255 e. The first-order valence-electron chi connectivity index (χ1n) is 7.40. The van der Waals surface area contributed by atoms with Crippen molar-refractivity contribution in [3.8, 4) is 5.75 Å². The second-order valence-electron chi connectivity index (χ2n) is 5.89. The highest BCUT2D eigenvalue weighted by Crippen LogP contribution is 2.30. The third-order valence-electron chi connectivity index (χ3n) is 3.87. The molecule has 1 fully saturated rings. The van der Waals surface area contributed by atoms with E-state index in [1.807, 2.05) is 19.9 Å². The van der Waals surface area contributed by atoms with Crippen LogP contribution in [-0.2, 0) is 16.1 Å². The van der Waals surface area contributed by atoms with Gasteiger partial charge in [-0.15, -0.1) is 0 Å². The van der Waals surface area contributed by atoms with Crippen LogP contribution in [0.2, 0.25) is 0 Å². The van der Waals surface area contributed by atoms with Crippen LogP contribution in [0, 0.1) is 0 Å². The van der Waals surface area contributed by atoms with Gasteiger partial charge in [0.05, 0.1) is 6.10 Å². The first-order valence-corrected chi connectivity index (χ1v) is 7.40. The molecule has 6 nitrogen and oxygen atoms in total. The number of piperidine rings is 1. The van der Waals surface area contributed by atoms with E-state index in [-0.39, 0.29) is 24.3 Å². The maximum atomic E-state index is 12.5. The number of carbonyl (C=O) groups excluding carboxylic acids is 3. The van der Waals surface area contributed by atoms with Crippen LogP contribution < -0.4 is 10.1 Å². The Bertz CT molecular complexity index is 654. The van der Waals surface area contributed by atoms with Gasteiger partial charge in [0, 0.05) is 18.5 Å². The summed E-state index contributed by atoms with van der Waals surface area (Å²) < 4.78 is 5.64. The summed E-state index contributed by atoms with van der Waals surface area (Å²) in [5, 5.41) is 2.29. The molecule has 0 spiro atoms. The first-order chi connectivity index (χ1) is 10.5. The average molecular weight is 302 g/mol. The largest absolute Gasteiger partial charge is 0.491 e. The van der Waals surface area contributed by atoms with E-state index >= 15 is 0 Å². The second-order valence-corrected chi connectivity index (χ2v) is 5.89. The Hall–Kier alpha value is -2.37. The van der Waals surface area contributed by atoms with Crippen molar-refractivity contribution in [2.45, 2.75) is 45.4 Å². The zero-order valence-electron chi connectivity index (χ0n) is 12.6. The number of nitrogens with one attached hydrogen (secondary N) is 1. The smallest absolute Gasteiger partial charge is 0.255 e. The Balaban J connectivity index is 1.81. The van der Waals surface area contributed by atoms with Crippen LogP contribution >= 0.6 is 0 Å². The van der Waals surface area contributed by atoms with Crippen LogP contribution in [-0.4, -0.2) is 34.8 Å². The van der Waals surface area contributed by atoms with Crippen molar-refractivity contribution in [3.05, 3.63) is 29.3 Å². The highest BCUT2D eigenvalue weighted by molar-refractivity contribution is 6.05. The highest BCUT2D eigenvalue weighted by Gasteiger charge is 2.39. The van der Waals surface area contributed by atoms with E-state index in [9.17, 15) is 14.4 Å². The number of benzene rings is 1. The quantitative estimate of drug-likeness (QED) is 0.852. The molecule has 3 amide bonds. The van der Waals surface area contributed by atoms with Crippen molar-refractivity contribution < 1.29 is 19.1 Å². The van der Waals surface area contributed by atoms with Crippen LogP contribution in [0.1, 0.15) is 42.6 Å². The summed E-state index contributed by atoms with van der Waals surface area (Å²) in [5.74, 6) is -0.124. The molecule has 1 atom stereocenters. The molecular formula is C16H18N2O4. The monoisotopic (exact) mass is 302 g/mol. The third-order valence-corrected chi connectivity index (χ3v) is 3.87. The molecule has 2 heterocycles. The van der Waals surface area contributed by atoms with E-state index in [2.05, 4.69) is 5.32 Å². The molecule has 1 aromatic rings. The molecule has 3 rings (SSSR count). The zero-order chi connectivity index (χ0) is 15.9. The normalized spacial score (nSPS) is 21.1. The Morgan fingerprint density at radius 2 is 2.05 bits per heavy atom. The van der Waals surface area contributed by atoms with E-state index in [0.717, 1.165) is 5.56 Å². The predicted molar refractivity (Wildman–Crippen MR) is 78.3 cm³/mol. The first kappa shape index (κ1) is 14.6. The molecule has 0 aromatic heterocycles. The third kappa shape index (κ3) is 2.56. The Morgan fingerprint density at radius 1 is 1.27 bits per heavy atom. The zero-order valence-corrected chi connectivity index (χ0v) is 12.6. The van der Waals surface area contributed by atoms with Crippen molar-refractivity contribution in [3.63, 3.8) is 0 Å². The molecule has 116 valence electrons. The van der Waals surface area contributed by atoms with E-state index in [4.69, 9.17) is 4.74 Å². The van der Waals surface area contributed by atoms with E-state index < -0.39 is 11.9 Å². The molecule has 2 aliphatic rings. The number of carbonyl (C=O) groups is 3. The fraction of sp³-hybridized carbons (Fsp3) is 0.438. The summed E-state index contributed by atoms with van der Waals surface area (Å²) in [5.41, 5.74) is 1.45. The summed E-state index contributed by atoms with van der Waals surface area (Å²) in [6, 6.07) is 4.78. The van der Waals surface area contributed by atoms with Gasteiger partial charge in [-0.05, 0) is 44.0 Å². The van der Waals surface area contributed by atoms with E-state index in [0.29, 0.717) is 24.3 Å². The molecule has 0 bridgehead atoms. The van der Waals surface area contributed by atoms with Gasteiger partial charge in [0.2, 0.25) is 11.8 Å². The molecule has 1 saturated heterocycles. The van der Waals surface area contributed by atoms with Crippen molar-refractivity contribution >= 4 is 17.7 Å². The lowest BCUT2D eigenvalue weighted by Crippen LogP contribution is -2.52. The van der Waals surface area contributed by atoms with Crippen LogP contribution in [0.5, 0.6) is 5.75 Å². The van der Waals surface area contributed by atoms with Crippen LogP contribution in [0.25, 0.3) is 0 Å². The number of amides is 3. The second kappa shape index (κ2) is 5.44. The van der Waals surface area contributed by atoms with Crippen LogP contribution in [0.15, 0.2) is 18.2 Å². The summed E-state index contributed by atoms with van der Waals surface area (Å²) in [7, 11) is 0. The number of hydrogen-bond acceptors (Lipinski definition) is 4. The number of hydrogen-bond donors (Lipinski definition) is 1.